The maximum Gasteiger partial charge on any atom is 0.410 e. The van der Waals surface area contributed by atoms with E-state index in [2.05, 4.69) is 10.1 Å². The number of methoxy groups -OCH3 is 1. The standard InChI is InChI=1S/C22H32N2O6/c1-3-4-13-29-22(27)24-15-18(14-19(24)11-8-12-20(25)28-2)23-21(26)30-16-17-9-6-5-7-10-17/h5-7,9-10,18-19H,3-4,8,11-16H2,1-2H3,(H,23,26)/t18-,19+/m0/s1. The smallest absolute Gasteiger partial charge is 0.410 e. The van der Waals surface area contributed by atoms with E-state index in [1.807, 2.05) is 37.3 Å². The van der Waals surface area contributed by atoms with E-state index >= 15 is 0 Å². The van der Waals surface area contributed by atoms with Crippen LogP contribution >= 0.6 is 0 Å². The molecule has 2 amide bonds. The van der Waals surface area contributed by atoms with Crippen LogP contribution in [0.25, 0.3) is 0 Å². The molecule has 1 aromatic rings. The van der Waals surface area contributed by atoms with Crippen LogP contribution in [0.5, 0.6) is 0 Å². The van der Waals surface area contributed by atoms with Gasteiger partial charge in [0.1, 0.15) is 6.61 Å². The highest BCUT2D eigenvalue weighted by molar-refractivity contribution is 5.70. The van der Waals surface area contributed by atoms with Crippen molar-refractivity contribution in [3.8, 4) is 0 Å². The van der Waals surface area contributed by atoms with Crippen LogP contribution in [0.3, 0.4) is 0 Å². The summed E-state index contributed by atoms with van der Waals surface area (Å²) < 4.78 is 15.3. The Balaban J connectivity index is 1.86. The van der Waals surface area contributed by atoms with E-state index in [1.165, 1.54) is 7.11 Å². The van der Waals surface area contributed by atoms with Gasteiger partial charge in [0.25, 0.3) is 0 Å². The van der Waals surface area contributed by atoms with Gasteiger partial charge >= 0.3 is 18.2 Å². The molecule has 1 aromatic carbocycles. The first kappa shape index (κ1) is 23.5. The fourth-order valence-corrected chi connectivity index (χ4v) is 3.42. The van der Waals surface area contributed by atoms with Crippen molar-refractivity contribution in [2.45, 2.75) is 64.1 Å². The minimum atomic E-state index is -0.515. The zero-order valence-electron chi connectivity index (χ0n) is 17.8. The highest BCUT2D eigenvalue weighted by atomic mass is 16.6. The second kappa shape index (κ2) is 12.7. The Morgan fingerprint density at radius 3 is 2.60 bits per heavy atom. The van der Waals surface area contributed by atoms with Gasteiger partial charge in [0.05, 0.1) is 19.8 Å². The molecule has 2 atom stereocenters. The summed E-state index contributed by atoms with van der Waals surface area (Å²) in [6.07, 6.45) is 2.96. The van der Waals surface area contributed by atoms with Gasteiger partial charge in [0, 0.05) is 19.0 Å². The number of nitrogens with one attached hydrogen (secondary N) is 1. The van der Waals surface area contributed by atoms with E-state index in [4.69, 9.17) is 9.47 Å². The third-order valence-corrected chi connectivity index (χ3v) is 5.05. The predicted octanol–water partition coefficient (Wildman–Crippen LogP) is 3.64. The number of carbonyl (C=O) groups is 3. The number of alkyl carbamates (subject to hydrolysis) is 1. The second-order valence-corrected chi connectivity index (χ2v) is 7.38. The van der Waals surface area contributed by atoms with Crippen molar-refractivity contribution in [2.24, 2.45) is 0 Å². The summed E-state index contributed by atoms with van der Waals surface area (Å²) in [5, 5.41) is 2.84. The monoisotopic (exact) mass is 420 g/mol. The van der Waals surface area contributed by atoms with Gasteiger partial charge in [-0.15, -0.1) is 0 Å². The van der Waals surface area contributed by atoms with Crippen molar-refractivity contribution < 1.29 is 28.6 Å². The van der Waals surface area contributed by atoms with Crippen LogP contribution in [0, 0.1) is 0 Å². The largest absolute Gasteiger partial charge is 0.469 e. The molecular formula is C22H32N2O6. The number of nitrogens with zero attached hydrogens (tertiary/aromatic N) is 1. The Morgan fingerprint density at radius 2 is 1.90 bits per heavy atom. The van der Waals surface area contributed by atoms with Crippen molar-refractivity contribution in [2.75, 3.05) is 20.3 Å². The van der Waals surface area contributed by atoms with E-state index in [1.54, 1.807) is 4.90 Å². The Labute approximate surface area is 177 Å². The highest BCUT2D eigenvalue weighted by Crippen LogP contribution is 2.24. The zero-order chi connectivity index (χ0) is 21.8. The molecule has 0 saturated carbocycles. The topological polar surface area (TPSA) is 94.2 Å². The lowest BCUT2D eigenvalue weighted by Gasteiger charge is -2.23. The molecule has 0 spiro atoms. The first-order valence-electron chi connectivity index (χ1n) is 10.5. The van der Waals surface area contributed by atoms with Crippen LogP contribution in [0.2, 0.25) is 0 Å². The summed E-state index contributed by atoms with van der Waals surface area (Å²) in [7, 11) is 1.36. The van der Waals surface area contributed by atoms with Gasteiger partial charge in [-0.05, 0) is 31.2 Å². The van der Waals surface area contributed by atoms with E-state index in [0.717, 1.165) is 18.4 Å². The number of esters is 1. The predicted molar refractivity (Wildman–Crippen MR) is 111 cm³/mol. The molecule has 1 aliphatic heterocycles. The summed E-state index contributed by atoms with van der Waals surface area (Å²) in [6, 6.07) is 9.10. The first-order valence-corrected chi connectivity index (χ1v) is 10.5. The van der Waals surface area contributed by atoms with E-state index in [0.29, 0.717) is 38.8 Å². The molecule has 1 saturated heterocycles. The van der Waals surface area contributed by atoms with Gasteiger partial charge in [-0.3, -0.25) is 4.79 Å². The van der Waals surface area contributed by atoms with Gasteiger partial charge in [-0.1, -0.05) is 43.7 Å². The van der Waals surface area contributed by atoms with Crippen LogP contribution in [0.1, 0.15) is 51.0 Å². The lowest BCUT2D eigenvalue weighted by molar-refractivity contribution is -0.140. The number of likely N-dealkylation sites (tertiary alicyclic amines) is 1. The quantitative estimate of drug-likeness (QED) is 0.353. The minimum Gasteiger partial charge on any atom is -0.469 e. The molecule has 1 heterocycles. The Bertz CT molecular complexity index is 681. The molecule has 0 radical (unpaired) electrons. The number of rotatable bonds is 10. The molecule has 1 fully saturated rings. The SMILES string of the molecule is CCCCOC(=O)N1C[C@@H](NC(=O)OCc2ccccc2)C[C@H]1CCCC(=O)OC. The minimum absolute atomic E-state index is 0.108. The molecule has 0 bridgehead atoms. The Morgan fingerprint density at radius 1 is 1.13 bits per heavy atom. The molecule has 166 valence electrons. The van der Waals surface area contributed by atoms with Gasteiger partial charge in [0.2, 0.25) is 0 Å². The summed E-state index contributed by atoms with van der Waals surface area (Å²) >= 11 is 0. The van der Waals surface area contributed by atoms with Crippen LogP contribution in [-0.2, 0) is 25.6 Å². The van der Waals surface area contributed by atoms with E-state index in [-0.39, 0.29) is 30.8 Å². The van der Waals surface area contributed by atoms with Crippen LogP contribution in [-0.4, -0.2) is 55.4 Å². The molecule has 0 unspecified atom stereocenters. The van der Waals surface area contributed by atoms with Crippen molar-refractivity contribution >= 4 is 18.2 Å². The number of unbranched alkanes of at least 4 members (excludes halogenated alkanes) is 1. The number of benzene rings is 1. The molecule has 0 aliphatic carbocycles. The van der Waals surface area contributed by atoms with Crippen molar-refractivity contribution in [1.29, 1.82) is 0 Å². The number of ether oxygens (including phenoxy) is 3. The fourth-order valence-electron chi connectivity index (χ4n) is 3.42. The highest BCUT2D eigenvalue weighted by Gasteiger charge is 2.36. The van der Waals surface area contributed by atoms with E-state index < -0.39 is 6.09 Å². The van der Waals surface area contributed by atoms with Gasteiger partial charge < -0.3 is 24.4 Å². The molecule has 8 nitrogen and oxygen atoms in total. The summed E-state index contributed by atoms with van der Waals surface area (Å²) in [6.45, 7) is 2.94. The molecule has 1 aliphatic rings. The third-order valence-electron chi connectivity index (χ3n) is 5.05. The third kappa shape index (κ3) is 7.93. The van der Waals surface area contributed by atoms with Gasteiger partial charge in [-0.25, -0.2) is 9.59 Å². The van der Waals surface area contributed by atoms with Crippen LogP contribution in [0.15, 0.2) is 30.3 Å². The van der Waals surface area contributed by atoms with Crippen LogP contribution < -0.4 is 5.32 Å². The van der Waals surface area contributed by atoms with Crippen molar-refractivity contribution in [3.63, 3.8) is 0 Å². The summed E-state index contributed by atoms with van der Waals surface area (Å²) in [4.78, 5) is 37.7. The fraction of sp³-hybridized carbons (Fsp3) is 0.591. The maximum absolute atomic E-state index is 12.5. The summed E-state index contributed by atoms with van der Waals surface area (Å²) in [5.74, 6) is -0.274. The van der Waals surface area contributed by atoms with Crippen LogP contribution in [0.4, 0.5) is 9.59 Å². The number of hydrogen-bond donors (Lipinski definition) is 1. The average molecular weight is 421 g/mol. The average Bonchev–Trinajstić information content (AvgIpc) is 3.15. The molecule has 0 aromatic heterocycles. The second-order valence-electron chi connectivity index (χ2n) is 7.38. The van der Waals surface area contributed by atoms with Gasteiger partial charge in [0.15, 0.2) is 0 Å². The first-order chi connectivity index (χ1) is 14.5. The maximum atomic E-state index is 12.5. The lowest BCUT2D eigenvalue weighted by Crippen LogP contribution is -2.40. The molecule has 1 N–H and O–H groups in total. The molecule has 2 rings (SSSR count). The number of hydrogen-bond acceptors (Lipinski definition) is 6. The zero-order valence-corrected chi connectivity index (χ0v) is 17.8. The summed E-state index contributed by atoms with van der Waals surface area (Å²) in [5.41, 5.74) is 0.904. The van der Waals surface area contributed by atoms with Crippen molar-refractivity contribution in [1.82, 2.24) is 10.2 Å². The van der Waals surface area contributed by atoms with Gasteiger partial charge in [-0.2, -0.15) is 0 Å². The molecule has 30 heavy (non-hydrogen) atoms. The lowest BCUT2D eigenvalue weighted by atomic mass is 10.1. The van der Waals surface area contributed by atoms with Crippen molar-refractivity contribution in [3.05, 3.63) is 35.9 Å². The number of carbonyl (C=O) groups excluding carboxylic acids is 3. The van der Waals surface area contributed by atoms with E-state index in [9.17, 15) is 14.4 Å². The Kier molecular flexibility index (Phi) is 9.97. The number of amides is 2. The molecular weight excluding hydrogens is 388 g/mol. The molecule has 8 heteroatoms. The Hall–Kier alpha value is -2.77. The normalized spacial score (nSPS) is 18.0.